The second-order valence-electron chi connectivity index (χ2n) is 4.72. The molecule has 0 spiro atoms. The van der Waals surface area contributed by atoms with E-state index >= 15 is 0 Å². The number of nitro groups is 1. The lowest BCUT2D eigenvalue weighted by Crippen LogP contribution is -2.12. The summed E-state index contributed by atoms with van der Waals surface area (Å²) in [7, 11) is 1.87. The summed E-state index contributed by atoms with van der Waals surface area (Å²) in [6.45, 7) is 3.78. The molecule has 6 heteroatoms. The number of ether oxygens (including phenoxy) is 1. The zero-order valence-corrected chi connectivity index (χ0v) is 12.2. The number of aromatic nitrogens is 1. The Hall–Kier alpha value is -2.47. The number of rotatable bonds is 5. The van der Waals surface area contributed by atoms with E-state index in [0.29, 0.717) is 11.4 Å². The molecular weight excluding hydrogens is 270 g/mol. The van der Waals surface area contributed by atoms with Crippen molar-refractivity contribution in [3.8, 4) is 11.6 Å². The van der Waals surface area contributed by atoms with Crippen LogP contribution < -0.4 is 10.1 Å². The fraction of sp³-hybridized carbons (Fsp3) is 0.267. The second-order valence-corrected chi connectivity index (χ2v) is 4.72. The molecule has 1 aromatic heterocycles. The molecule has 6 nitrogen and oxygen atoms in total. The minimum Gasteiger partial charge on any atom is -0.432 e. The summed E-state index contributed by atoms with van der Waals surface area (Å²) < 4.78 is 5.60. The topological polar surface area (TPSA) is 77.3 Å². The van der Waals surface area contributed by atoms with Gasteiger partial charge in [-0.1, -0.05) is 18.2 Å². The summed E-state index contributed by atoms with van der Waals surface area (Å²) in [6, 6.07) is 8.58. The van der Waals surface area contributed by atoms with Crippen LogP contribution in [0.1, 0.15) is 24.1 Å². The molecule has 0 fully saturated rings. The van der Waals surface area contributed by atoms with Crippen LogP contribution in [0.5, 0.6) is 11.6 Å². The largest absolute Gasteiger partial charge is 0.432 e. The summed E-state index contributed by atoms with van der Waals surface area (Å²) in [5, 5.41) is 14.2. The van der Waals surface area contributed by atoms with Gasteiger partial charge in [0.15, 0.2) is 0 Å². The molecule has 0 amide bonds. The van der Waals surface area contributed by atoms with Crippen LogP contribution in [0.3, 0.4) is 0 Å². The van der Waals surface area contributed by atoms with Gasteiger partial charge in [0.25, 0.3) is 0 Å². The van der Waals surface area contributed by atoms with E-state index < -0.39 is 4.92 Å². The predicted molar refractivity (Wildman–Crippen MR) is 79.6 cm³/mol. The van der Waals surface area contributed by atoms with Gasteiger partial charge in [0.2, 0.25) is 11.6 Å². The van der Waals surface area contributed by atoms with E-state index in [0.717, 1.165) is 5.56 Å². The average Bonchev–Trinajstić information content (AvgIpc) is 2.49. The number of hydrogen-bond donors (Lipinski definition) is 1. The van der Waals surface area contributed by atoms with Crippen molar-refractivity contribution < 1.29 is 9.66 Å². The first kappa shape index (κ1) is 14.9. The molecule has 1 atom stereocenters. The van der Waals surface area contributed by atoms with Crippen molar-refractivity contribution in [2.45, 2.75) is 19.9 Å². The number of pyridine rings is 1. The third kappa shape index (κ3) is 3.35. The molecule has 1 aromatic carbocycles. The Labute approximate surface area is 122 Å². The zero-order chi connectivity index (χ0) is 15.4. The number of benzene rings is 1. The van der Waals surface area contributed by atoms with Gasteiger partial charge in [-0.25, -0.2) is 4.98 Å². The van der Waals surface area contributed by atoms with Crippen LogP contribution in [-0.2, 0) is 0 Å². The van der Waals surface area contributed by atoms with Gasteiger partial charge in [-0.15, -0.1) is 0 Å². The smallest absolute Gasteiger partial charge is 0.311 e. The van der Waals surface area contributed by atoms with Gasteiger partial charge in [0.1, 0.15) is 0 Å². The highest BCUT2D eigenvalue weighted by Crippen LogP contribution is 2.33. The highest BCUT2D eigenvalue weighted by Gasteiger charge is 2.18. The maximum absolute atomic E-state index is 11.0. The van der Waals surface area contributed by atoms with Gasteiger partial charge in [0, 0.05) is 24.4 Å². The van der Waals surface area contributed by atoms with Crippen LogP contribution in [-0.4, -0.2) is 17.0 Å². The maximum Gasteiger partial charge on any atom is 0.311 e. The Balaban J connectivity index is 2.28. The Kier molecular flexibility index (Phi) is 4.49. The van der Waals surface area contributed by atoms with Gasteiger partial charge in [-0.2, -0.15) is 0 Å². The van der Waals surface area contributed by atoms with Gasteiger partial charge in [-0.3, -0.25) is 10.1 Å². The van der Waals surface area contributed by atoms with E-state index in [2.05, 4.69) is 10.3 Å². The standard InChI is InChI=1S/C15H17N3O3/c1-10-5-4-6-13(18(19)20)15(10)21-14-8-7-12(9-17-14)11(2)16-3/h4-9,11,16H,1-3H3. The van der Waals surface area contributed by atoms with Crippen LogP contribution in [0.2, 0.25) is 0 Å². The van der Waals surface area contributed by atoms with Crippen LogP contribution >= 0.6 is 0 Å². The Bertz CT molecular complexity index is 641. The normalized spacial score (nSPS) is 12.0. The first-order chi connectivity index (χ1) is 10.0. The summed E-state index contributed by atoms with van der Waals surface area (Å²) in [4.78, 5) is 14.8. The molecule has 2 aromatic rings. The minimum absolute atomic E-state index is 0.0653. The highest BCUT2D eigenvalue weighted by atomic mass is 16.6. The molecule has 0 radical (unpaired) electrons. The maximum atomic E-state index is 11.0. The Morgan fingerprint density at radius 3 is 2.67 bits per heavy atom. The molecule has 0 aliphatic rings. The third-order valence-corrected chi connectivity index (χ3v) is 3.29. The first-order valence-electron chi connectivity index (χ1n) is 6.58. The van der Waals surface area contributed by atoms with E-state index in [4.69, 9.17) is 4.74 Å². The molecule has 2 rings (SSSR count). The molecule has 1 unspecified atom stereocenters. The number of para-hydroxylation sites is 1. The van der Waals surface area contributed by atoms with Crippen LogP contribution in [0.15, 0.2) is 36.5 Å². The number of nitrogens with zero attached hydrogens (tertiary/aromatic N) is 2. The van der Waals surface area contributed by atoms with Crippen LogP contribution in [0.4, 0.5) is 5.69 Å². The molecule has 0 saturated carbocycles. The molecule has 21 heavy (non-hydrogen) atoms. The van der Waals surface area contributed by atoms with E-state index in [1.165, 1.54) is 6.07 Å². The number of nitro benzene ring substituents is 1. The molecule has 1 heterocycles. The van der Waals surface area contributed by atoms with Crippen molar-refractivity contribution in [3.05, 3.63) is 57.8 Å². The summed E-state index contributed by atoms with van der Waals surface area (Å²) in [5.41, 5.74) is 1.65. The van der Waals surface area contributed by atoms with Gasteiger partial charge in [0.05, 0.1) is 4.92 Å². The highest BCUT2D eigenvalue weighted by molar-refractivity contribution is 5.52. The summed E-state index contributed by atoms with van der Waals surface area (Å²) in [6.07, 6.45) is 1.70. The van der Waals surface area contributed by atoms with Crippen LogP contribution in [0.25, 0.3) is 0 Å². The van der Waals surface area contributed by atoms with E-state index in [1.807, 2.05) is 20.0 Å². The lowest BCUT2D eigenvalue weighted by atomic mass is 10.1. The first-order valence-corrected chi connectivity index (χ1v) is 6.58. The summed E-state index contributed by atoms with van der Waals surface area (Å²) >= 11 is 0. The fourth-order valence-electron chi connectivity index (χ4n) is 1.89. The molecule has 0 aliphatic carbocycles. The number of hydrogen-bond acceptors (Lipinski definition) is 5. The monoisotopic (exact) mass is 287 g/mol. The van der Waals surface area contributed by atoms with Crippen molar-refractivity contribution >= 4 is 5.69 Å². The van der Waals surface area contributed by atoms with Gasteiger partial charge in [-0.05, 0) is 32.0 Å². The van der Waals surface area contributed by atoms with Gasteiger partial charge >= 0.3 is 5.69 Å². The molecule has 0 aliphatic heterocycles. The van der Waals surface area contributed by atoms with E-state index in [1.54, 1.807) is 31.3 Å². The zero-order valence-electron chi connectivity index (χ0n) is 12.2. The summed E-state index contributed by atoms with van der Waals surface area (Å²) in [5.74, 6) is 0.559. The Morgan fingerprint density at radius 1 is 1.33 bits per heavy atom. The predicted octanol–water partition coefficient (Wildman–Crippen LogP) is 3.37. The number of nitrogens with one attached hydrogen (secondary N) is 1. The number of aryl methyl sites for hydroxylation is 1. The van der Waals surface area contributed by atoms with Crippen molar-refractivity contribution in [2.24, 2.45) is 0 Å². The molecule has 0 bridgehead atoms. The van der Waals surface area contributed by atoms with Crippen molar-refractivity contribution in [1.29, 1.82) is 0 Å². The van der Waals surface area contributed by atoms with Gasteiger partial charge < -0.3 is 10.1 Å². The van der Waals surface area contributed by atoms with E-state index in [-0.39, 0.29) is 17.5 Å². The second kappa shape index (κ2) is 6.32. The fourth-order valence-corrected chi connectivity index (χ4v) is 1.89. The SMILES string of the molecule is CNC(C)c1ccc(Oc2c(C)cccc2[N+](=O)[O-])nc1. The van der Waals surface area contributed by atoms with Crippen molar-refractivity contribution in [1.82, 2.24) is 10.3 Å². The lowest BCUT2D eigenvalue weighted by Gasteiger charge is -2.11. The molecule has 1 N–H and O–H groups in total. The quantitative estimate of drug-likeness (QED) is 0.674. The molecule has 0 saturated heterocycles. The Morgan fingerprint density at radius 2 is 2.10 bits per heavy atom. The van der Waals surface area contributed by atoms with Crippen molar-refractivity contribution in [2.75, 3.05) is 7.05 Å². The minimum atomic E-state index is -0.459. The molecule has 110 valence electrons. The lowest BCUT2D eigenvalue weighted by molar-refractivity contribution is -0.385. The average molecular weight is 287 g/mol. The van der Waals surface area contributed by atoms with Crippen molar-refractivity contribution in [3.63, 3.8) is 0 Å². The molecular formula is C15H17N3O3. The van der Waals surface area contributed by atoms with E-state index in [9.17, 15) is 10.1 Å². The third-order valence-electron chi connectivity index (χ3n) is 3.29. The van der Waals surface area contributed by atoms with Crippen LogP contribution in [0, 0.1) is 17.0 Å².